The number of hydrogen-bond acceptors (Lipinski definition) is 3. The Bertz CT molecular complexity index is 673. The van der Waals surface area contributed by atoms with Crippen LogP contribution in [-0.2, 0) is 17.8 Å². The van der Waals surface area contributed by atoms with Crippen LogP contribution in [0.4, 0.5) is 0 Å². The number of methoxy groups -OCH3 is 2. The quantitative estimate of drug-likeness (QED) is 0.842. The lowest BCUT2D eigenvalue weighted by molar-refractivity contribution is -0.121. The molecule has 0 saturated carbocycles. The van der Waals surface area contributed by atoms with Crippen LogP contribution >= 0.6 is 11.6 Å². The monoisotopic (exact) mass is 333 g/mol. The average Bonchev–Trinajstić information content (AvgIpc) is 2.59. The molecule has 0 heterocycles. The summed E-state index contributed by atoms with van der Waals surface area (Å²) in [5, 5.41) is 3.59. The van der Waals surface area contributed by atoms with Crippen molar-refractivity contribution in [2.45, 2.75) is 19.4 Å². The third kappa shape index (κ3) is 4.89. The molecule has 0 aliphatic carbocycles. The molecule has 23 heavy (non-hydrogen) atoms. The molecule has 0 unspecified atom stereocenters. The molecule has 0 fully saturated rings. The first-order valence-electron chi connectivity index (χ1n) is 7.35. The Morgan fingerprint density at radius 3 is 2.57 bits per heavy atom. The van der Waals surface area contributed by atoms with E-state index in [4.69, 9.17) is 21.1 Å². The number of rotatable bonds is 7. The molecule has 1 amide bonds. The first-order chi connectivity index (χ1) is 11.1. The zero-order valence-corrected chi connectivity index (χ0v) is 14.0. The van der Waals surface area contributed by atoms with E-state index >= 15 is 0 Å². The van der Waals surface area contributed by atoms with Gasteiger partial charge in [-0.3, -0.25) is 4.79 Å². The second kappa shape index (κ2) is 8.44. The number of amides is 1. The SMILES string of the molecule is COc1ccc(CNC(=O)CCc2ccccc2Cl)c(OC)c1. The van der Waals surface area contributed by atoms with Crippen molar-refractivity contribution in [3.8, 4) is 11.5 Å². The van der Waals surface area contributed by atoms with Crippen molar-refractivity contribution >= 4 is 17.5 Å². The predicted octanol–water partition coefficient (Wildman–Crippen LogP) is 3.61. The van der Waals surface area contributed by atoms with Gasteiger partial charge in [-0.2, -0.15) is 0 Å². The van der Waals surface area contributed by atoms with Gasteiger partial charge in [0, 0.05) is 29.6 Å². The van der Waals surface area contributed by atoms with Crippen molar-refractivity contribution in [1.82, 2.24) is 5.32 Å². The fraction of sp³-hybridized carbons (Fsp3) is 0.278. The number of benzene rings is 2. The molecule has 0 aliphatic rings. The van der Waals surface area contributed by atoms with E-state index in [1.165, 1.54) is 0 Å². The molecule has 122 valence electrons. The van der Waals surface area contributed by atoms with Crippen molar-refractivity contribution in [3.63, 3.8) is 0 Å². The normalized spacial score (nSPS) is 10.2. The largest absolute Gasteiger partial charge is 0.497 e. The zero-order chi connectivity index (χ0) is 16.7. The third-order valence-corrected chi connectivity index (χ3v) is 3.92. The maximum absolute atomic E-state index is 12.0. The molecule has 2 rings (SSSR count). The number of carbonyl (C=O) groups is 1. The van der Waals surface area contributed by atoms with Crippen LogP contribution in [0.3, 0.4) is 0 Å². The van der Waals surface area contributed by atoms with Crippen molar-refractivity contribution < 1.29 is 14.3 Å². The lowest BCUT2D eigenvalue weighted by atomic mass is 10.1. The van der Waals surface area contributed by atoms with Crippen LogP contribution in [-0.4, -0.2) is 20.1 Å². The number of nitrogens with one attached hydrogen (secondary N) is 1. The Labute approximate surface area is 141 Å². The van der Waals surface area contributed by atoms with Gasteiger partial charge in [0.05, 0.1) is 14.2 Å². The smallest absolute Gasteiger partial charge is 0.220 e. The van der Waals surface area contributed by atoms with Crippen molar-refractivity contribution in [3.05, 3.63) is 58.6 Å². The molecule has 0 spiro atoms. The van der Waals surface area contributed by atoms with Crippen molar-refractivity contribution in [2.24, 2.45) is 0 Å². The van der Waals surface area contributed by atoms with Crippen LogP contribution in [0.25, 0.3) is 0 Å². The number of aryl methyl sites for hydroxylation is 1. The Balaban J connectivity index is 1.88. The van der Waals surface area contributed by atoms with Gasteiger partial charge in [0.1, 0.15) is 11.5 Å². The highest BCUT2D eigenvalue weighted by atomic mass is 35.5. The predicted molar refractivity (Wildman–Crippen MR) is 91.2 cm³/mol. The van der Waals surface area contributed by atoms with E-state index in [1.807, 2.05) is 36.4 Å². The van der Waals surface area contributed by atoms with E-state index in [9.17, 15) is 4.79 Å². The van der Waals surface area contributed by atoms with Crippen molar-refractivity contribution in [1.29, 1.82) is 0 Å². The van der Waals surface area contributed by atoms with Gasteiger partial charge in [-0.1, -0.05) is 29.8 Å². The summed E-state index contributed by atoms with van der Waals surface area (Å²) in [6, 6.07) is 13.1. The summed E-state index contributed by atoms with van der Waals surface area (Å²) in [6.45, 7) is 0.411. The highest BCUT2D eigenvalue weighted by Gasteiger charge is 2.08. The summed E-state index contributed by atoms with van der Waals surface area (Å²) in [6.07, 6.45) is 1.01. The summed E-state index contributed by atoms with van der Waals surface area (Å²) < 4.78 is 10.5. The van der Waals surface area contributed by atoms with Crippen LogP contribution in [0.15, 0.2) is 42.5 Å². The average molecular weight is 334 g/mol. The highest BCUT2D eigenvalue weighted by molar-refractivity contribution is 6.31. The molecule has 5 heteroatoms. The number of hydrogen-bond donors (Lipinski definition) is 1. The Hall–Kier alpha value is -2.20. The van der Waals surface area contributed by atoms with E-state index in [2.05, 4.69) is 5.32 Å². The van der Waals surface area contributed by atoms with E-state index in [0.717, 1.165) is 16.9 Å². The topological polar surface area (TPSA) is 47.6 Å². The maximum Gasteiger partial charge on any atom is 0.220 e. The molecule has 0 aromatic heterocycles. The van der Waals surface area contributed by atoms with E-state index in [0.29, 0.717) is 30.2 Å². The second-order valence-corrected chi connectivity index (χ2v) is 5.45. The highest BCUT2D eigenvalue weighted by Crippen LogP contribution is 2.24. The van der Waals surface area contributed by atoms with E-state index < -0.39 is 0 Å². The molecular formula is C18H20ClNO3. The lowest BCUT2D eigenvalue weighted by Crippen LogP contribution is -2.23. The van der Waals surface area contributed by atoms with Crippen LogP contribution in [0.2, 0.25) is 5.02 Å². The van der Waals surface area contributed by atoms with Gasteiger partial charge < -0.3 is 14.8 Å². The van der Waals surface area contributed by atoms with Gasteiger partial charge in [0.15, 0.2) is 0 Å². The summed E-state index contributed by atoms with van der Waals surface area (Å²) >= 11 is 6.09. The van der Waals surface area contributed by atoms with Crippen LogP contribution < -0.4 is 14.8 Å². The van der Waals surface area contributed by atoms with E-state index in [-0.39, 0.29) is 5.91 Å². The zero-order valence-electron chi connectivity index (χ0n) is 13.3. The molecule has 1 N–H and O–H groups in total. The van der Waals surface area contributed by atoms with Gasteiger partial charge >= 0.3 is 0 Å². The minimum atomic E-state index is -0.0252. The van der Waals surface area contributed by atoms with Crippen molar-refractivity contribution in [2.75, 3.05) is 14.2 Å². The molecule has 0 saturated heterocycles. The van der Waals surface area contributed by atoms with Gasteiger partial charge in [-0.25, -0.2) is 0 Å². The summed E-state index contributed by atoms with van der Waals surface area (Å²) in [7, 11) is 3.20. The van der Waals surface area contributed by atoms with Gasteiger partial charge in [0.2, 0.25) is 5.91 Å². The number of carbonyl (C=O) groups excluding carboxylic acids is 1. The Morgan fingerprint density at radius 2 is 1.87 bits per heavy atom. The number of ether oxygens (including phenoxy) is 2. The second-order valence-electron chi connectivity index (χ2n) is 5.05. The fourth-order valence-electron chi connectivity index (χ4n) is 2.23. The Morgan fingerprint density at radius 1 is 1.09 bits per heavy atom. The van der Waals surface area contributed by atoms with E-state index in [1.54, 1.807) is 20.3 Å². The minimum absolute atomic E-state index is 0.0252. The minimum Gasteiger partial charge on any atom is -0.497 e. The van der Waals surface area contributed by atoms with Gasteiger partial charge in [-0.15, -0.1) is 0 Å². The molecule has 0 aliphatic heterocycles. The Kier molecular flexibility index (Phi) is 6.29. The molecular weight excluding hydrogens is 314 g/mol. The molecule has 4 nitrogen and oxygen atoms in total. The summed E-state index contributed by atoms with van der Waals surface area (Å²) in [5.41, 5.74) is 1.88. The standard InChI is InChI=1S/C18H20ClNO3/c1-22-15-9-7-14(17(11-15)23-2)12-20-18(21)10-8-13-5-3-4-6-16(13)19/h3-7,9,11H,8,10,12H2,1-2H3,(H,20,21). The van der Waals surface area contributed by atoms with Crippen LogP contribution in [0, 0.1) is 0 Å². The summed E-state index contributed by atoms with van der Waals surface area (Å²) in [5.74, 6) is 1.38. The summed E-state index contributed by atoms with van der Waals surface area (Å²) in [4.78, 5) is 12.0. The maximum atomic E-state index is 12.0. The lowest BCUT2D eigenvalue weighted by Gasteiger charge is -2.11. The first-order valence-corrected chi connectivity index (χ1v) is 7.73. The molecule has 2 aromatic carbocycles. The molecule has 2 aromatic rings. The van der Waals surface area contributed by atoms with Gasteiger partial charge in [-0.05, 0) is 30.2 Å². The first kappa shape index (κ1) is 17.2. The molecule has 0 atom stereocenters. The number of halogens is 1. The molecule has 0 radical (unpaired) electrons. The molecule has 0 bridgehead atoms. The van der Waals surface area contributed by atoms with Crippen LogP contribution in [0.1, 0.15) is 17.5 Å². The fourth-order valence-corrected chi connectivity index (χ4v) is 2.46. The van der Waals surface area contributed by atoms with Crippen LogP contribution in [0.5, 0.6) is 11.5 Å². The third-order valence-electron chi connectivity index (χ3n) is 3.55. The van der Waals surface area contributed by atoms with Gasteiger partial charge in [0.25, 0.3) is 0 Å².